The molecule has 33 heavy (non-hydrogen) atoms. The number of likely N-dealkylation sites (tertiary alicyclic amines) is 1. The van der Waals surface area contributed by atoms with Crippen LogP contribution in [0.15, 0.2) is 65.6 Å². The Kier molecular flexibility index (Phi) is 6.28. The molecule has 0 saturated carbocycles. The normalized spacial score (nSPS) is 20.0. The first-order valence-electron chi connectivity index (χ1n) is 10.4. The van der Waals surface area contributed by atoms with Crippen LogP contribution in [0.5, 0.6) is 0 Å². The molecule has 4 rings (SSSR count). The van der Waals surface area contributed by atoms with Gasteiger partial charge in [0.1, 0.15) is 5.82 Å². The van der Waals surface area contributed by atoms with Gasteiger partial charge in [0.2, 0.25) is 17.7 Å². The van der Waals surface area contributed by atoms with E-state index in [1.54, 1.807) is 0 Å². The SMILES string of the molecule is O=C(CCN1C(=O)[C@@H]2CC=CC[C@H]2C1=O)Nc1cccc(S(=O)(=O)Nc2ccccc2F)c1. The highest BCUT2D eigenvalue weighted by Gasteiger charge is 2.46. The summed E-state index contributed by atoms with van der Waals surface area (Å²) in [6.07, 6.45) is 4.73. The molecule has 1 aliphatic heterocycles. The second kappa shape index (κ2) is 9.14. The number of carbonyl (C=O) groups is 3. The van der Waals surface area contributed by atoms with Crippen LogP contribution >= 0.6 is 0 Å². The second-order valence-electron chi connectivity index (χ2n) is 7.90. The third-order valence-corrected chi connectivity index (χ3v) is 7.07. The number of fused-ring (bicyclic) bond motifs is 1. The molecule has 2 N–H and O–H groups in total. The molecule has 2 aromatic carbocycles. The van der Waals surface area contributed by atoms with Gasteiger partial charge in [0.05, 0.1) is 22.4 Å². The average Bonchev–Trinajstić information content (AvgIpc) is 3.04. The van der Waals surface area contributed by atoms with Crippen molar-refractivity contribution in [2.75, 3.05) is 16.6 Å². The van der Waals surface area contributed by atoms with Crippen molar-refractivity contribution in [3.63, 3.8) is 0 Å². The summed E-state index contributed by atoms with van der Waals surface area (Å²) in [6.45, 7) is -0.0384. The number of rotatable bonds is 7. The number of halogens is 1. The lowest BCUT2D eigenvalue weighted by Gasteiger charge is -2.15. The summed E-state index contributed by atoms with van der Waals surface area (Å²) in [4.78, 5) is 38.4. The summed E-state index contributed by atoms with van der Waals surface area (Å²) in [6, 6.07) is 10.9. The molecular weight excluding hydrogens is 449 g/mol. The van der Waals surface area contributed by atoms with Crippen LogP contribution in [0.25, 0.3) is 0 Å². The van der Waals surface area contributed by atoms with Crippen LogP contribution in [0.1, 0.15) is 19.3 Å². The molecule has 2 aromatic rings. The molecule has 8 nitrogen and oxygen atoms in total. The number of sulfonamides is 1. The third kappa shape index (κ3) is 4.80. The second-order valence-corrected chi connectivity index (χ2v) is 9.58. The predicted molar refractivity (Wildman–Crippen MR) is 119 cm³/mol. The third-order valence-electron chi connectivity index (χ3n) is 5.71. The number of nitrogens with zero attached hydrogens (tertiary/aromatic N) is 1. The Bertz CT molecular complexity index is 1220. The molecular formula is C23H22FN3O5S. The topological polar surface area (TPSA) is 113 Å². The van der Waals surface area contributed by atoms with Crippen molar-refractivity contribution >= 4 is 39.1 Å². The number of anilines is 2. The fourth-order valence-corrected chi connectivity index (χ4v) is 5.13. The van der Waals surface area contributed by atoms with Crippen LogP contribution in [0, 0.1) is 17.7 Å². The standard InChI is InChI=1S/C23H22FN3O5S/c24-19-10-3-4-11-20(19)26-33(31,32)16-7-5-6-15(14-16)25-21(28)12-13-27-22(29)17-8-1-2-9-18(17)23(27)30/h1-7,10-11,14,17-18,26H,8-9,12-13H2,(H,25,28)/t17-,18-/m1/s1. The Morgan fingerprint density at radius 1 is 1.00 bits per heavy atom. The molecule has 10 heteroatoms. The van der Waals surface area contributed by atoms with Crippen molar-refractivity contribution < 1.29 is 27.2 Å². The number of carbonyl (C=O) groups excluding carboxylic acids is 3. The zero-order valence-electron chi connectivity index (χ0n) is 17.5. The highest BCUT2D eigenvalue weighted by atomic mass is 32.2. The molecule has 2 atom stereocenters. The lowest BCUT2D eigenvalue weighted by Crippen LogP contribution is -2.34. The average molecular weight is 472 g/mol. The Hall–Kier alpha value is -3.53. The van der Waals surface area contributed by atoms with E-state index in [1.807, 2.05) is 12.2 Å². The molecule has 172 valence electrons. The number of hydrogen-bond donors (Lipinski definition) is 2. The van der Waals surface area contributed by atoms with Gasteiger partial charge >= 0.3 is 0 Å². The minimum absolute atomic E-state index is 0.0384. The van der Waals surface area contributed by atoms with E-state index in [9.17, 15) is 27.2 Å². The van der Waals surface area contributed by atoms with E-state index < -0.39 is 21.7 Å². The van der Waals surface area contributed by atoms with Gasteiger partial charge in [-0.3, -0.25) is 24.0 Å². The molecule has 2 aliphatic rings. The molecule has 3 amide bonds. The van der Waals surface area contributed by atoms with Gasteiger partial charge in [-0.25, -0.2) is 12.8 Å². The summed E-state index contributed by atoms with van der Waals surface area (Å²) in [7, 11) is -4.09. The molecule has 0 aromatic heterocycles. The zero-order valence-corrected chi connectivity index (χ0v) is 18.3. The minimum atomic E-state index is -4.09. The van der Waals surface area contributed by atoms with Gasteiger partial charge in [-0.1, -0.05) is 30.4 Å². The smallest absolute Gasteiger partial charge is 0.262 e. The first-order valence-corrected chi connectivity index (χ1v) is 11.9. The number of nitrogens with one attached hydrogen (secondary N) is 2. The number of para-hydroxylation sites is 1. The zero-order chi connectivity index (χ0) is 23.6. The van der Waals surface area contributed by atoms with Crippen LogP contribution in [-0.2, 0) is 24.4 Å². The van der Waals surface area contributed by atoms with Crippen molar-refractivity contribution in [2.24, 2.45) is 11.8 Å². The molecule has 0 spiro atoms. The van der Waals surface area contributed by atoms with Gasteiger partial charge in [-0.05, 0) is 43.2 Å². The number of amides is 3. The van der Waals surface area contributed by atoms with Gasteiger partial charge < -0.3 is 5.32 Å². The van der Waals surface area contributed by atoms with Crippen LogP contribution in [0.3, 0.4) is 0 Å². The van der Waals surface area contributed by atoms with E-state index in [4.69, 9.17) is 0 Å². The summed E-state index contributed by atoms with van der Waals surface area (Å²) in [5, 5.41) is 2.58. The maximum absolute atomic E-state index is 13.8. The van der Waals surface area contributed by atoms with E-state index in [2.05, 4.69) is 10.0 Å². The summed E-state index contributed by atoms with van der Waals surface area (Å²) < 4.78 is 41.2. The van der Waals surface area contributed by atoms with Crippen molar-refractivity contribution in [1.82, 2.24) is 4.90 Å². The summed E-state index contributed by atoms with van der Waals surface area (Å²) >= 11 is 0. The van der Waals surface area contributed by atoms with Crippen molar-refractivity contribution in [2.45, 2.75) is 24.2 Å². The van der Waals surface area contributed by atoms with Crippen LogP contribution < -0.4 is 10.0 Å². The maximum Gasteiger partial charge on any atom is 0.262 e. The maximum atomic E-state index is 13.8. The Morgan fingerprint density at radius 3 is 2.33 bits per heavy atom. The van der Waals surface area contributed by atoms with Crippen molar-refractivity contribution in [3.05, 3.63) is 66.5 Å². The Morgan fingerprint density at radius 2 is 1.67 bits per heavy atom. The molecule has 1 saturated heterocycles. The fraction of sp³-hybridized carbons (Fsp3) is 0.261. The fourth-order valence-electron chi connectivity index (χ4n) is 4.01. The summed E-state index contributed by atoms with van der Waals surface area (Å²) in [5.74, 6) is -2.40. The molecule has 1 aliphatic carbocycles. The highest BCUT2D eigenvalue weighted by Crippen LogP contribution is 2.35. The summed E-state index contributed by atoms with van der Waals surface area (Å²) in [5.41, 5.74) is 0.0241. The molecule has 0 radical (unpaired) electrons. The van der Waals surface area contributed by atoms with Crippen LogP contribution in [0.4, 0.5) is 15.8 Å². The lowest BCUT2D eigenvalue weighted by atomic mass is 9.85. The number of hydrogen-bond acceptors (Lipinski definition) is 5. The predicted octanol–water partition coefficient (Wildman–Crippen LogP) is 2.91. The van der Waals surface area contributed by atoms with E-state index in [-0.39, 0.29) is 52.9 Å². The molecule has 1 heterocycles. The van der Waals surface area contributed by atoms with E-state index in [1.165, 1.54) is 42.5 Å². The first-order chi connectivity index (χ1) is 15.8. The van der Waals surface area contributed by atoms with Gasteiger partial charge in [0.25, 0.3) is 10.0 Å². The first kappa shape index (κ1) is 22.7. The highest BCUT2D eigenvalue weighted by molar-refractivity contribution is 7.92. The van der Waals surface area contributed by atoms with E-state index in [0.717, 1.165) is 11.0 Å². The Labute approximate surface area is 190 Å². The number of benzene rings is 2. The molecule has 1 fully saturated rings. The number of allylic oxidation sites excluding steroid dienone is 2. The lowest BCUT2D eigenvalue weighted by molar-refractivity contribution is -0.140. The number of imide groups is 1. The monoisotopic (exact) mass is 471 g/mol. The van der Waals surface area contributed by atoms with Gasteiger partial charge in [0, 0.05) is 18.7 Å². The van der Waals surface area contributed by atoms with Gasteiger partial charge in [-0.2, -0.15) is 0 Å². The largest absolute Gasteiger partial charge is 0.326 e. The molecule has 0 bridgehead atoms. The quantitative estimate of drug-likeness (QED) is 0.476. The van der Waals surface area contributed by atoms with Gasteiger partial charge in [-0.15, -0.1) is 0 Å². The van der Waals surface area contributed by atoms with Gasteiger partial charge in [0.15, 0.2) is 0 Å². The minimum Gasteiger partial charge on any atom is -0.326 e. The van der Waals surface area contributed by atoms with Crippen molar-refractivity contribution in [1.29, 1.82) is 0 Å². The van der Waals surface area contributed by atoms with E-state index >= 15 is 0 Å². The van der Waals surface area contributed by atoms with Crippen LogP contribution in [0.2, 0.25) is 0 Å². The van der Waals surface area contributed by atoms with E-state index in [0.29, 0.717) is 12.8 Å². The van der Waals surface area contributed by atoms with Crippen LogP contribution in [-0.4, -0.2) is 37.6 Å². The van der Waals surface area contributed by atoms with Crippen molar-refractivity contribution in [3.8, 4) is 0 Å². The Balaban J connectivity index is 1.38. The molecule has 0 unspecified atom stereocenters.